The molecule has 0 unspecified atom stereocenters. The molecule has 2 aromatic heterocycles. The molecule has 6 heteroatoms. The minimum atomic E-state index is 0.350. The number of nitrogens with two attached hydrogens (primary N) is 1. The highest BCUT2D eigenvalue weighted by molar-refractivity contribution is 7.16. The van der Waals surface area contributed by atoms with Gasteiger partial charge < -0.3 is 10.2 Å². The number of nitrogens with zero attached hydrogens (tertiary/aromatic N) is 2. The quantitative estimate of drug-likeness (QED) is 0.669. The average molecular weight is 292 g/mol. The molecule has 0 amide bonds. The number of fused-ring (bicyclic) bond motifs is 1. The van der Waals surface area contributed by atoms with Crippen molar-refractivity contribution in [1.29, 1.82) is 0 Å². The molecule has 1 aliphatic carbocycles. The van der Waals surface area contributed by atoms with Crippen LogP contribution < -0.4 is 11.3 Å². The zero-order valence-corrected chi connectivity index (χ0v) is 12.4. The molecule has 1 aliphatic rings. The van der Waals surface area contributed by atoms with Gasteiger partial charge in [-0.15, -0.1) is 11.3 Å². The topological polar surface area (TPSA) is 73.1 Å². The second-order valence-electron chi connectivity index (χ2n) is 5.47. The van der Waals surface area contributed by atoms with Gasteiger partial charge in [0, 0.05) is 0 Å². The molecule has 1 fully saturated rings. The maximum absolute atomic E-state index is 5.95. The van der Waals surface area contributed by atoms with Crippen molar-refractivity contribution in [2.75, 3.05) is 5.43 Å². The van der Waals surface area contributed by atoms with Gasteiger partial charge in [0.2, 0.25) is 0 Å². The van der Waals surface area contributed by atoms with E-state index in [1.807, 2.05) is 11.4 Å². The van der Waals surface area contributed by atoms with Crippen LogP contribution >= 0.6 is 11.3 Å². The van der Waals surface area contributed by atoms with Crippen LogP contribution in [0.1, 0.15) is 38.4 Å². The van der Waals surface area contributed by atoms with Crippen LogP contribution in [0.15, 0.2) is 11.4 Å². The molecule has 2 heterocycles. The number of nitrogens with one attached hydrogen (secondary N) is 1. The first-order valence-corrected chi connectivity index (χ1v) is 7.96. The lowest BCUT2D eigenvalue weighted by Crippen LogP contribution is -2.21. The lowest BCUT2D eigenvalue weighted by Gasteiger charge is -2.26. The van der Waals surface area contributed by atoms with Crippen LogP contribution in [0.2, 0.25) is 0 Å². The summed E-state index contributed by atoms with van der Waals surface area (Å²) in [6, 6.07) is 1.97. The van der Waals surface area contributed by atoms with E-state index in [1.165, 1.54) is 12.8 Å². The van der Waals surface area contributed by atoms with Gasteiger partial charge in [-0.2, -0.15) is 0 Å². The van der Waals surface area contributed by atoms with Crippen molar-refractivity contribution in [2.24, 2.45) is 11.8 Å². The molecule has 2 aromatic rings. The Hall–Kier alpha value is -1.24. The predicted octanol–water partition coefficient (Wildman–Crippen LogP) is 3.07. The van der Waals surface area contributed by atoms with Crippen LogP contribution in [-0.4, -0.2) is 16.1 Å². The van der Waals surface area contributed by atoms with Gasteiger partial charge in [-0.3, -0.25) is 0 Å². The van der Waals surface area contributed by atoms with Crippen molar-refractivity contribution >= 4 is 27.4 Å². The van der Waals surface area contributed by atoms with E-state index < -0.39 is 0 Å². The molecule has 5 nitrogen and oxygen atoms in total. The molecule has 0 aliphatic heterocycles. The molecule has 0 spiro atoms. The molecule has 0 atom stereocenters. The van der Waals surface area contributed by atoms with Crippen LogP contribution in [-0.2, 0) is 11.3 Å². The maximum atomic E-state index is 5.95. The van der Waals surface area contributed by atoms with E-state index >= 15 is 0 Å². The first-order chi connectivity index (χ1) is 9.76. The number of anilines is 1. The van der Waals surface area contributed by atoms with Crippen LogP contribution in [0.5, 0.6) is 0 Å². The number of hydrogen-bond acceptors (Lipinski definition) is 6. The van der Waals surface area contributed by atoms with Crippen molar-refractivity contribution in [3.05, 3.63) is 17.3 Å². The predicted molar refractivity (Wildman–Crippen MR) is 81.4 cm³/mol. The Bertz CT molecular complexity index is 578. The molecule has 0 radical (unpaired) electrons. The number of hydrazine groups is 1. The fourth-order valence-corrected chi connectivity index (χ4v) is 3.45. The third kappa shape index (κ3) is 2.92. The van der Waals surface area contributed by atoms with Gasteiger partial charge in [0.25, 0.3) is 0 Å². The van der Waals surface area contributed by atoms with E-state index in [1.54, 1.807) is 11.3 Å². The Morgan fingerprint density at radius 1 is 1.35 bits per heavy atom. The molecule has 0 saturated heterocycles. The number of hydrogen-bond donors (Lipinski definition) is 2. The number of thiophene rings is 1. The van der Waals surface area contributed by atoms with E-state index in [0.29, 0.717) is 24.4 Å². The van der Waals surface area contributed by atoms with Crippen molar-refractivity contribution in [3.8, 4) is 0 Å². The molecule has 20 heavy (non-hydrogen) atoms. The molecular weight excluding hydrogens is 272 g/mol. The van der Waals surface area contributed by atoms with Gasteiger partial charge in [-0.05, 0) is 43.0 Å². The third-order valence-corrected chi connectivity index (χ3v) is 4.73. The highest BCUT2D eigenvalue weighted by Crippen LogP contribution is 2.27. The Kier molecular flexibility index (Phi) is 4.14. The minimum Gasteiger partial charge on any atom is -0.370 e. The van der Waals surface area contributed by atoms with E-state index in [0.717, 1.165) is 29.0 Å². The summed E-state index contributed by atoms with van der Waals surface area (Å²) >= 11 is 1.59. The summed E-state index contributed by atoms with van der Waals surface area (Å²) in [5, 5.41) is 2.96. The van der Waals surface area contributed by atoms with Gasteiger partial charge >= 0.3 is 0 Å². The van der Waals surface area contributed by atoms with Crippen LogP contribution in [0.3, 0.4) is 0 Å². The summed E-state index contributed by atoms with van der Waals surface area (Å²) in [7, 11) is 0. The van der Waals surface area contributed by atoms with Gasteiger partial charge in [0.05, 0.1) is 11.5 Å². The molecule has 108 valence electrons. The normalized spacial score (nSPS) is 23.1. The zero-order valence-electron chi connectivity index (χ0n) is 11.6. The van der Waals surface area contributed by atoms with Crippen LogP contribution in [0.25, 0.3) is 10.2 Å². The summed E-state index contributed by atoms with van der Waals surface area (Å²) < 4.78 is 5.95. The number of rotatable bonds is 4. The highest BCUT2D eigenvalue weighted by Gasteiger charge is 2.19. The Morgan fingerprint density at radius 2 is 2.15 bits per heavy atom. The molecule has 1 saturated carbocycles. The second kappa shape index (κ2) is 6.03. The first-order valence-electron chi connectivity index (χ1n) is 7.08. The lowest BCUT2D eigenvalue weighted by atomic mass is 9.89. The molecule has 3 rings (SSSR count). The number of aromatic nitrogens is 2. The standard InChI is InChI=1S/C14H20N4OS/c1-9-2-4-10(5-3-9)19-8-12-16-13(18-15)11-6-7-20-14(11)17-12/h6-7,9-10H,2-5,8,15H2,1H3,(H,16,17,18). The smallest absolute Gasteiger partial charge is 0.158 e. The fourth-order valence-electron chi connectivity index (χ4n) is 2.66. The van der Waals surface area contributed by atoms with Crippen LogP contribution in [0, 0.1) is 5.92 Å². The summed E-state index contributed by atoms with van der Waals surface area (Å²) in [6.07, 6.45) is 5.15. The van der Waals surface area contributed by atoms with Gasteiger partial charge in [-0.25, -0.2) is 15.8 Å². The van der Waals surface area contributed by atoms with Gasteiger partial charge in [0.1, 0.15) is 11.4 Å². The summed E-state index contributed by atoms with van der Waals surface area (Å²) in [5.41, 5.74) is 2.64. The number of ether oxygens (including phenoxy) is 1. The van der Waals surface area contributed by atoms with Crippen molar-refractivity contribution in [2.45, 2.75) is 45.3 Å². The van der Waals surface area contributed by atoms with Gasteiger partial charge in [-0.1, -0.05) is 6.92 Å². The Labute approximate surface area is 122 Å². The summed E-state index contributed by atoms with van der Waals surface area (Å²) in [4.78, 5) is 9.90. The monoisotopic (exact) mass is 292 g/mol. The van der Waals surface area contributed by atoms with Crippen LogP contribution in [0.4, 0.5) is 5.82 Å². The van der Waals surface area contributed by atoms with E-state index in [9.17, 15) is 0 Å². The number of nitrogen functional groups attached to an aromatic ring is 1. The van der Waals surface area contributed by atoms with Crippen molar-refractivity contribution < 1.29 is 4.74 Å². The fraction of sp³-hybridized carbons (Fsp3) is 0.571. The Morgan fingerprint density at radius 3 is 2.90 bits per heavy atom. The van der Waals surface area contributed by atoms with E-state index in [-0.39, 0.29) is 0 Å². The maximum Gasteiger partial charge on any atom is 0.158 e. The molecule has 0 bridgehead atoms. The minimum absolute atomic E-state index is 0.350. The summed E-state index contributed by atoms with van der Waals surface area (Å²) in [5.74, 6) is 7.73. The molecule has 0 aromatic carbocycles. The average Bonchev–Trinajstić information content (AvgIpc) is 2.94. The zero-order chi connectivity index (χ0) is 13.9. The van der Waals surface area contributed by atoms with Crippen molar-refractivity contribution in [1.82, 2.24) is 9.97 Å². The Balaban J connectivity index is 1.68. The van der Waals surface area contributed by atoms with Gasteiger partial charge in [0.15, 0.2) is 11.6 Å². The van der Waals surface area contributed by atoms with E-state index in [2.05, 4.69) is 22.3 Å². The lowest BCUT2D eigenvalue weighted by molar-refractivity contribution is 0.00583. The SMILES string of the molecule is CC1CCC(OCc2nc(NN)c3ccsc3n2)CC1. The van der Waals surface area contributed by atoms with E-state index in [4.69, 9.17) is 10.6 Å². The van der Waals surface area contributed by atoms with Crippen molar-refractivity contribution in [3.63, 3.8) is 0 Å². The second-order valence-corrected chi connectivity index (χ2v) is 6.36. The largest absolute Gasteiger partial charge is 0.370 e. The summed E-state index contributed by atoms with van der Waals surface area (Å²) in [6.45, 7) is 2.77. The molecule has 3 N–H and O–H groups in total. The third-order valence-electron chi connectivity index (χ3n) is 3.92. The first kappa shape index (κ1) is 13.7. The highest BCUT2D eigenvalue weighted by atomic mass is 32.1. The molecular formula is C14H20N4OS.